The quantitative estimate of drug-likeness (QED) is 0.498. The van der Waals surface area contributed by atoms with E-state index in [9.17, 15) is 5.21 Å². The highest BCUT2D eigenvalue weighted by Gasteiger charge is 1.99. The minimum absolute atomic E-state index is 0.0227. The number of aliphatic hydroxyl groups is 1. The molecule has 0 amide bonds. The molecule has 0 heterocycles. The van der Waals surface area contributed by atoms with Crippen molar-refractivity contribution in [3.8, 4) is 0 Å². The molecule has 70 valence electrons. The van der Waals surface area contributed by atoms with Gasteiger partial charge in [0.15, 0.2) is 0 Å². The molecule has 3 heteroatoms. The summed E-state index contributed by atoms with van der Waals surface area (Å²) in [6.07, 6.45) is 3.55. The second-order valence-corrected chi connectivity index (χ2v) is 2.58. The Hall–Kier alpha value is -0.800. The lowest BCUT2D eigenvalue weighted by atomic mass is 10.2. The topological polar surface area (TPSA) is 43.7 Å². The molecule has 3 nitrogen and oxygen atoms in total. The Labute approximate surface area is 73.6 Å². The molecule has 0 aromatic rings. The third kappa shape index (κ3) is 3.55. The zero-order valence-corrected chi connectivity index (χ0v) is 7.91. The molecular weight excluding hydrogens is 154 g/mol. The number of hydroxylamine groups is 2. The normalized spacial score (nSPS) is 13.4. The third-order valence-electron chi connectivity index (χ3n) is 1.54. The van der Waals surface area contributed by atoms with Crippen LogP contribution in [0.2, 0.25) is 0 Å². The Morgan fingerprint density at radius 1 is 1.50 bits per heavy atom. The van der Waals surface area contributed by atoms with Crippen molar-refractivity contribution in [1.29, 1.82) is 0 Å². The van der Waals surface area contributed by atoms with Crippen molar-refractivity contribution in [2.24, 2.45) is 0 Å². The van der Waals surface area contributed by atoms with Crippen LogP contribution in [0.5, 0.6) is 0 Å². The first kappa shape index (κ1) is 11.2. The van der Waals surface area contributed by atoms with Crippen LogP contribution >= 0.6 is 0 Å². The van der Waals surface area contributed by atoms with Crippen LogP contribution in [0.4, 0.5) is 0 Å². The van der Waals surface area contributed by atoms with Crippen molar-refractivity contribution in [2.75, 3.05) is 13.2 Å². The Morgan fingerprint density at radius 2 is 2.08 bits per heavy atom. The van der Waals surface area contributed by atoms with Crippen molar-refractivity contribution in [1.82, 2.24) is 5.06 Å². The minimum atomic E-state index is 0.0227. The maximum atomic E-state index is 9.30. The molecular formula is C9H17NO2. The lowest BCUT2D eigenvalue weighted by Crippen LogP contribution is -2.16. The molecule has 0 atom stereocenters. The van der Waals surface area contributed by atoms with Gasteiger partial charge in [-0.15, -0.1) is 0 Å². The van der Waals surface area contributed by atoms with Crippen LogP contribution in [-0.2, 0) is 0 Å². The van der Waals surface area contributed by atoms with Gasteiger partial charge in [-0.2, -0.15) is 0 Å². The molecule has 0 aliphatic heterocycles. The molecule has 0 rings (SSSR count). The van der Waals surface area contributed by atoms with Crippen molar-refractivity contribution >= 4 is 0 Å². The molecule has 12 heavy (non-hydrogen) atoms. The Balaban J connectivity index is 4.38. The SMILES string of the molecule is C/C=C(\C=C(/C)CO)N(O)CC. The van der Waals surface area contributed by atoms with Gasteiger partial charge in [0, 0.05) is 6.54 Å². The van der Waals surface area contributed by atoms with Crippen LogP contribution in [-0.4, -0.2) is 28.5 Å². The van der Waals surface area contributed by atoms with E-state index < -0.39 is 0 Å². The highest BCUT2D eigenvalue weighted by molar-refractivity contribution is 5.20. The highest BCUT2D eigenvalue weighted by Crippen LogP contribution is 2.05. The summed E-state index contributed by atoms with van der Waals surface area (Å²) in [5.41, 5.74) is 1.54. The van der Waals surface area contributed by atoms with Crippen LogP contribution in [0, 0.1) is 0 Å². The largest absolute Gasteiger partial charge is 0.392 e. The lowest BCUT2D eigenvalue weighted by molar-refractivity contribution is -0.0462. The maximum absolute atomic E-state index is 9.30. The van der Waals surface area contributed by atoms with Crippen molar-refractivity contribution in [3.63, 3.8) is 0 Å². The van der Waals surface area contributed by atoms with Crippen LogP contribution < -0.4 is 0 Å². The molecule has 0 aliphatic rings. The molecule has 0 aromatic heterocycles. The standard InChI is InChI=1S/C9H17NO2/c1-4-9(10(12)5-2)6-8(3)7-11/h4,6,11-12H,5,7H2,1-3H3/b8-6+,9-4+. The van der Waals surface area contributed by atoms with Crippen LogP contribution in [0.3, 0.4) is 0 Å². The van der Waals surface area contributed by atoms with Crippen LogP contribution in [0.1, 0.15) is 20.8 Å². The predicted molar refractivity (Wildman–Crippen MR) is 48.8 cm³/mol. The number of nitrogens with zero attached hydrogens (tertiary/aromatic N) is 1. The van der Waals surface area contributed by atoms with Crippen molar-refractivity contribution in [2.45, 2.75) is 20.8 Å². The first-order valence-electron chi connectivity index (χ1n) is 4.06. The molecule has 0 aliphatic carbocycles. The van der Waals surface area contributed by atoms with Crippen LogP contribution in [0.15, 0.2) is 23.4 Å². The number of likely N-dealkylation sites (N-methyl/N-ethyl adjacent to an activating group) is 1. The second-order valence-electron chi connectivity index (χ2n) is 2.58. The van der Waals surface area contributed by atoms with Gasteiger partial charge < -0.3 is 5.11 Å². The lowest BCUT2D eigenvalue weighted by Gasteiger charge is -2.15. The van der Waals surface area contributed by atoms with E-state index in [1.807, 2.05) is 20.8 Å². The molecule has 0 saturated carbocycles. The first-order valence-corrected chi connectivity index (χ1v) is 4.06. The van der Waals surface area contributed by atoms with E-state index in [1.54, 1.807) is 12.2 Å². The fourth-order valence-corrected chi connectivity index (χ4v) is 0.788. The van der Waals surface area contributed by atoms with Gasteiger partial charge >= 0.3 is 0 Å². The summed E-state index contributed by atoms with van der Waals surface area (Å²) in [5.74, 6) is 0. The number of rotatable bonds is 4. The van der Waals surface area contributed by atoms with E-state index in [4.69, 9.17) is 5.11 Å². The fourth-order valence-electron chi connectivity index (χ4n) is 0.788. The molecule has 0 saturated heterocycles. The summed E-state index contributed by atoms with van der Waals surface area (Å²) < 4.78 is 0. The van der Waals surface area contributed by atoms with Gasteiger partial charge in [0.05, 0.1) is 12.3 Å². The van der Waals surface area contributed by atoms with Crippen molar-refractivity contribution in [3.05, 3.63) is 23.4 Å². The van der Waals surface area contributed by atoms with E-state index in [2.05, 4.69) is 0 Å². The summed E-state index contributed by atoms with van der Waals surface area (Å²) in [6.45, 7) is 6.07. The smallest absolute Gasteiger partial charge is 0.0642 e. The predicted octanol–water partition coefficient (Wildman–Crippen LogP) is 1.54. The second kappa shape index (κ2) is 5.80. The molecule has 0 aromatic carbocycles. The van der Waals surface area contributed by atoms with Gasteiger partial charge in [0.2, 0.25) is 0 Å². The van der Waals surface area contributed by atoms with Gasteiger partial charge in [-0.3, -0.25) is 10.3 Å². The minimum Gasteiger partial charge on any atom is -0.392 e. The fraction of sp³-hybridized carbons (Fsp3) is 0.556. The number of hydrogen-bond donors (Lipinski definition) is 2. The molecule has 0 unspecified atom stereocenters. The summed E-state index contributed by atoms with van der Waals surface area (Å²) >= 11 is 0. The zero-order chi connectivity index (χ0) is 9.56. The average Bonchev–Trinajstić information content (AvgIpc) is 2.12. The Morgan fingerprint density at radius 3 is 2.42 bits per heavy atom. The molecule has 2 N–H and O–H groups in total. The van der Waals surface area contributed by atoms with Crippen molar-refractivity contribution < 1.29 is 10.3 Å². The Bertz CT molecular complexity index is 185. The van der Waals surface area contributed by atoms with E-state index in [-0.39, 0.29) is 6.61 Å². The highest BCUT2D eigenvalue weighted by atomic mass is 16.5. The monoisotopic (exact) mass is 171 g/mol. The number of allylic oxidation sites excluding steroid dienone is 2. The first-order chi connectivity index (χ1) is 5.65. The van der Waals surface area contributed by atoms with Gasteiger partial charge in [-0.1, -0.05) is 6.08 Å². The van der Waals surface area contributed by atoms with Gasteiger partial charge in [-0.05, 0) is 32.4 Å². The van der Waals surface area contributed by atoms with E-state index in [1.165, 1.54) is 0 Å². The Kier molecular flexibility index (Phi) is 5.41. The summed E-state index contributed by atoms with van der Waals surface area (Å²) in [7, 11) is 0. The maximum Gasteiger partial charge on any atom is 0.0642 e. The molecule has 0 bridgehead atoms. The number of aliphatic hydroxyl groups excluding tert-OH is 1. The average molecular weight is 171 g/mol. The molecule has 0 spiro atoms. The van der Waals surface area contributed by atoms with Gasteiger partial charge in [-0.25, -0.2) is 0 Å². The van der Waals surface area contributed by atoms with E-state index in [0.717, 1.165) is 10.6 Å². The van der Waals surface area contributed by atoms with Gasteiger partial charge in [0.25, 0.3) is 0 Å². The number of hydrogen-bond acceptors (Lipinski definition) is 3. The molecule has 0 radical (unpaired) electrons. The van der Waals surface area contributed by atoms with Crippen LogP contribution in [0.25, 0.3) is 0 Å². The summed E-state index contributed by atoms with van der Waals surface area (Å²) in [5, 5.41) is 19.2. The summed E-state index contributed by atoms with van der Waals surface area (Å²) in [4.78, 5) is 0. The van der Waals surface area contributed by atoms with Gasteiger partial charge in [0.1, 0.15) is 0 Å². The zero-order valence-electron chi connectivity index (χ0n) is 7.91. The molecule has 0 fully saturated rings. The third-order valence-corrected chi connectivity index (χ3v) is 1.54. The van der Waals surface area contributed by atoms with E-state index in [0.29, 0.717) is 12.2 Å². The van der Waals surface area contributed by atoms with E-state index >= 15 is 0 Å². The summed E-state index contributed by atoms with van der Waals surface area (Å²) in [6, 6.07) is 0.